The minimum atomic E-state index is -0.227. The number of nitrogens with zero attached hydrogens (tertiary/aromatic N) is 1. The monoisotopic (exact) mass is 439 g/mol. The number of hydrogen-bond acceptors (Lipinski definition) is 3. The molecule has 2 aromatic carbocycles. The number of likely N-dealkylation sites (tertiary alicyclic amines) is 1. The van der Waals surface area contributed by atoms with E-state index >= 15 is 0 Å². The zero-order chi connectivity index (χ0) is 18.6. The molecule has 0 aliphatic carbocycles. The molecule has 0 radical (unpaired) electrons. The first-order valence-corrected chi connectivity index (χ1v) is 9.78. The van der Waals surface area contributed by atoms with Gasteiger partial charge in [0.25, 0.3) is 0 Å². The molecular weight excluding hydrogens is 412 g/mol. The van der Waals surface area contributed by atoms with Crippen molar-refractivity contribution in [2.45, 2.75) is 37.9 Å². The first-order chi connectivity index (χ1) is 13.2. The molecule has 1 saturated heterocycles. The van der Waals surface area contributed by atoms with Gasteiger partial charge in [-0.25, -0.2) is 4.39 Å². The van der Waals surface area contributed by atoms with E-state index in [1.54, 1.807) is 12.1 Å². The first kappa shape index (κ1) is 23.6. The van der Waals surface area contributed by atoms with Gasteiger partial charge >= 0.3 is 0 Å². The molecule has 0 spiro atoms. The van der Waals surface area contributed by atoms with E-state index in [9.17, 15) is 9.18 Å². The van der Waals surface area contributed by atoms with Gasteiger partial charge in [0, 0.05) is 19.1 Å². The summed E-state index contributed by atoms with van der Waals surface area (Å²) < 4.78 is 13.1. The third-order valence-corrected chi connectivity index (χ3v) is 5.66. The number of carbonyl (C=O) groups excluding carboxylic acids is 1. The number of rotatable bonds is 5. The van der Waals surface area contributed by atoms with E-state index in [-0.39, 0.29) is 48.6 Å². The number of carbonyl (C=O) groups is 1. The normalized spacial score (nSPS) is 20.9. The van der Waals surface area contributed by atoms with Crippen LogP contribution in [-0.4, -0.2) is 36.5 Å². The Balaban J connectivity index is 0.00000150. The van der Waals surface area contributed by atoms with Crippen LogP contribution in [0.2, 0.25) is 0 Å². The average molecular weight is 440 g/mol. The van der Waals surface area contributed by atoms with Crippen molar-refractivity contribution >= 4 is 30.7 Å². The second-order valence-electron chi connectivity index (χ2n) is 7.46. The zero-order valence-corrected chi connectivity index (χ0v) is 17.9. The van der Waals surface area contributed by atoms with Crippen LogP contribution in [0, 0.1) is 5.82 Å². The van der Waals surface area contributed by atoms with E-state index in [0.717, 1.165) is 37.9 Å². The highest BCUT2D eigenvalue weighted by atomic mass is 35.5. The van der Waals surface area contributed by atoms with Crippen LogP contribution in [-0.2, 0) is 17.8 Å². The zero-order valence-electron chi connectivity index (χ0n) is 16.3. The van der Waals surface area contributed by atoms with Crippen molar-refractivity contribution in [3.8, 4) is 0 Å². The van der Waals surface area contributed by atoms with Crippen LogP contribution in [0.15, 0.2) is 48.5 Å². The number of hydrogen-bond donors (Lipinski definition) is 2. The number of benzene rings is 2. The average Bonchev–Trinajstić information content (AvgIpc) is 3.16. The maximum atomic E-state index is 13.1. The minimum Gasteiger partial charge on any atom is -0.353 e. The van der Waals surface area contributed by atoms with Crippen LogP contribution in [0.3, 0.4) is 0 Å². The fourth-order valence-corrected chi connectivity index (χ4v) is 4.23. The molecule has 2 heterocycles. The molecule has 0 saturated carbocycles. The van der Waals surface area contributed by atoms with Crippen LogP contribution in [0.25, 0.3) is 0 Å². The molecule has 2 N–H and O–H groups in total. The lowest BCUT2D eigenvalue weighted by Gasteiger charge is -2.29. The highest BCUT2D eigenvalue weighted by Crippen LogP contribution is 2.23. The molecule has 0 aromatic heterocycles. The lowest BCUT2D eigenvalue weighted by atomic mass is 9.94. The van der Waals surface area contributed by atoms with E-state index in [1.165, 1.54) is 23.3 Å². The summed E-state index contributed by atoms with van der Waals surface area (Å²) in [6.07, 6.45) is 2.93. The number of halogens is 3. The maximum absolute atomic E-state index is 13.1. The standard InChI is InChI=1S/C22H26FN3O.2ClH/c23-18-9-7-16(8-10-18)15-26-13-3-6-21(26)22(27)25-14-20-19-5-2-1-4-17(19)11-12-24-20;;/h1-2,4-5,7-10,20-21,24H,3,6,11-15H2,(H,25,27);2*1H. The molecule has 1 fully saturated rings. The highest BCUT2D eigenvalue weighted by Gasteiger charge is 2.31. The molecule has 29 heavy (non-hydrogen) atoms. The lowest BCUT2D eigenvalue weighted by Crippen LogP contribution is -2.46. The third kappa shape index (κ3) is 5.70. The van der Waals surface area contributed by atoms with Crippen molar-refractivity contribution in [1.82, 2.24) is 15.5 Å². The van der Waals surface area contributed by atoms with Crippen LogP contribution in [0.4, 0.5) is 4.39 Å². The van der Waals surface area contributed by atoms with Gasteiger partial charge in [-0.2, -0.15) is 0 Å². The van der Waals surface area contributed by atoms with Crippen molar-refractivity contribution < 1.29 is 9.18 Å². The van der Waals surface area contributed by atoms with Gasteiger partial charge in [0.05, 0.1) is 6.04 Å². The van der Waals surface area contributed by atoms with Crippen LogP contribution < -0.4 is 10.6 Å². The Morgan fingerprint density at radius 3 is 2.69 bits per heavy atom. The van der Waals surface area contributed by atoms with E-state index in [0.29, 0.717) is 13.1 Å². The van der Waals surface area contributed by atoms with Crippen molar-refractivity contribution in [2.75, 3.05) is 19.6 Å². The number of fused-ring (bicyclic) bond motifs is 1. The van der Waals surface area contributed by atoms with E-state index < -0.39 is 0 Å². The van der Waals surface area contributed by atoms with E-state index in [1.807, 2.05) is 0 Å². The Morgan fingerprint density at radius 1 is 1.14 bits per heavy atom. The summed E-state index contributed by atoms with van der Waals surface area (Å²) in [6, 6.07) is 15.1. The second kappa shape index (κ2) is 10.9. The Hall–Kier alpha value is -1.66. The van der Waals surface area contributed by atoms with Gasteiger partial charge < -0.3 is 10.6 Å². The predicted octanol–water partition coefficient (Wildman–Crippen LogP) is 3.64. The van der Waals surface area contributed by atoms with E-state index in [2.05, 4.69) is 39.8 Å². The summed E-state index contributed by atoms with van der Waals surface area (Å²) >= 11 is 0. The number of nitrogens with one attached hydrogen (secondary N) is 2. The molecule has 4 rings (SSSR count). The summed E-state index contributed by atoms with van der Waals surface area (Å²) in [7, 11) is 0. The molecule has 2 aliphatic heterocycles. The topological polar surface area (TPSA) is 44.4 Å². The Kier molecular flexibility index (Phi) is 8.90. The predicted molar refractivity (Wildman–Crippen MR) is 118 cm³/mol. The van der Waals surface area contributed by atoms with Gasteiger partial charge in [-0.05, 0) is 61.2 Å². The summed E-state index contributed by atoms with van der Waals surface area (Å²) in [6.45, 7) is 3.14. The second-order valence-corrected chi connectivity index (χ2v) is 7.46. The molecule has 2 atom stereocenters. The van der Waals surface area contributed by atoms with Crippen molar-refractivity contribution in [2.24, 2.45) is 0 Å². The lowest BCUT2D eigenvalue weighted by molar-refractivity contribution is -0.125. The fraction of sp³-hybridized carbons (Fsp3) is 0.409. The van der Waals surface area contributed by atoms with Crippen molar-refractivity contribution in [3.63, 3.8) is 0 Å². The molecule has 158 valence electrons. The van der Waals surface area contributed by atoms with Crippen LogP contribution in [0.5, 0.6) is 0 Å². The Labute approximate surface area is 184 Å². The molecule has 7 heteroatoms. The third-order valence-electron chi connectivity index (χ3n) is 5.66. The largest absolute Gasteiger partial charge is 0.353 e. The number of amides is 1. The Bertz CT molecular complexity index is 803. The van der Waals surface area contributed by atoms with Gasteiger partial charge in [-0.3, -0.25) is 9.69 Å². The van der Waals surface area contributed by atoms with Crippen molar-refractivity contribution in [3.05, 3.63) is 71.0 Å². The van der Waals surface area contributed by atoms with Gasteiger partial charge in [0.2, 0.25) is 5.91 Å². The summed E-state index contributed by atoms with van der Waals surface area (Å²) in [4.78, 5) is 15.0. The fourth-order valence-electron chi connectivity index (χ4n) is 4.23. The molecule has 2 aromatic rings. The van der Waals surface area contributed by atoms with Gasteiger partial charge in [-0.1, -0.05) is 36.4 Å². The van der Waals surface area contributed by atoms with Gasteiger partial charge in [0.15, 0.2) is 0 Å². The van der Waals surface area contributed by atoms with Gasteiger partial charge in [0.1, 0.15) is 5.82 Å². The summed E-state index contributed by atoms with van der Waals surface area (Å²) in [5.41, 5.74) is 3.70. The maximum Gasteiger partial charge on any atom is 0.237 e. The molecule has 2 unspecified atom stereocenters. The summed E-state index contributed by atoms with van der Waals surface area (Å²) in [5, 5.41) is 6.67. The molecule has 1 amide bonds. The summed E-state index contributed by atoms with van der Waals surface area (Å²) in [5.74, 6) is -0.130. The quantitative estimate of drug-likeness (QED) is 0.747. The molecule has 4 nitrogen and oxygen atoms in total. The van der Waals surface area contributed by atoms with E-state index in [4.69, 9.17) is 0 Å². The minimum absolute atomic E-state index is 0. The van der Waals surface area contributed by atoms with Crippen molar-refractivity contribution in [1.29, 1.82) is 0 Å². The SMILES string of the molecule is Cl.Cl.O=C(NCC1NCCc2ccccc21)C1CCCN1Cc1ccc(F)cc1. The molecule has 0 bridgehead atoms. The van der Waals surface area contributed by atoms with Crippen LogP contribution >= 0.6 is 24.8 Å². The highest BCUT2D eigenvalue weighted by molar-refractivity contribution is 5.85. The molecule has 2 aliphatic rings. The van der Waals surface area contributed by atoms with Gasteiger partial charge in [-0.15, -0.1) is 24.8 Å². The Morgan fingerprint density at radius 2 is 1.90 bits per heavy atom. The molecular formula is C22H28Cl2FN3O. The first-order valence-electron chi connectivity index (χ1n) is 9.78. The van der Waals surface area contributed by atoms with Crippen LogP contribution in [0.1, 0.15) is 35.6 Å². The smallest absolute Gasteiger partial charge is 0.237 e.